The van der Waals surface area contributed by atoms with Gasteiger partial charge in [-0.3, -0.25) is 9.59 Å². The molecular weight excluding hydrogens is 414 g/mol. The van der Waals surface area contributed by atoms with Crippen LogP contribution in [0.4, 0.5) is 11.5 Å². The molecule has 3 rings (SSSR count). The summed E-state index contributed by atoms with van der Waals surface area (Å²) in [6.45, 7) is 2.76. The van der Waals surface area contributed by atoms with Crippen LogP contribution in [0.3, 0.4) is 0 Å². The maximum atomic E-state index is 13.0. The van der Waals surface area contributed by atoms with Gasteiger partial charge in [0, 0.05) is 24.8 Å². The summed E-state index contributed by atoms with van der Waals surface area (Å²) in [4.78, 5) is 30.3. The van der Waals surface area contributed by atoms with Crippen LogP contribution in [0.5, 0.6) is 0 Å². The fourth-order valence-electron chi connectivity index (χ4n) is 3.05. The lowest BCUT2D eigenvalue weighted by Crippen LogP contribution is -2.36. The number of rotatable bonds is 6. The standard InChI is InChI=1S/C18H23N5O4S2/c1-12-5-6-13(9-14(12)29(26,27)23-7-3-2-4-8-23)20-17(25)11-28-18-21-15(19)10-16(24)22-18/h5-6,9-10H,2-4,7-8,11H2,1H3,(H,20,25)(H3,19,21,22,24). The van der Waals surface area contributed by atoms with Crippen LogP contribution in [0.1, 0.15) is 24.8 Å². The molecule has 1 aromatic heterocycles. The maximum Gasteiger partial charge on any atom is 0.253 e. The third kappa shape index (κ3) is 5.37. The molecule has 1 saturated heterocycles. The molecule has 1 aliphatic heterocycles. The van der Waals surface area contributed by atoms with E-state index in [4.69, 9.17) is 5.73 Å². The Balaban J connectivity index is 1.70. The number of thioether (sulfide) groups is 1. The lowest BCUT2D eigenvalue weighted by atomic mass is 10.2. The number of amides is 1. The monoisotopic (exact) mass is 437 g/mol. The van der Waals surface area contributed by atoms with E-state index in [0.29, 0.717) is 24.3 Å². The highest BCUT2D eigenvalue weighted by Gasteiger charge is 2.27. The number of carbonyl (C=O) groups is 1. The highest BCUT2D eigenvalue weighted by atomic mass is 32.2. The van der Waals surface area contributed by atoms with Gasteiger partial charge in [0.15, 0.2) is 5.16 Å². The highest BCUT2D eigenvalue weighted by molar-refractivity contribution is 7.99. The zero-order valence-electron chi connectivity index (χ0n) is 16.0. The van der Waals surface area contributed by atoms with Gasteiger partial charge in [-0.1, -0.05) is 24.2 Å². The summed E-state index contributed by atoms with van der Waals surface area (Å²) in [5.41, 5.74) is 6.14. The molecule has 29 heavy (non-hydrogen) atoms. The zero-order chi connectivity index (χ0) is 21.0. The van der Waals surface area contributed by atoms with Crippen molar-refractivity contribution in [2.45, 2.75) is 36.2 Å². The van der Waals surface area contributed by atoms with Crippen molar-refractivity contribution in [3.8, 4) is 0 Å². The number of nitrogens with one attached hydrogen (secondary N) is 2. The minimum atomic E-state index is -3.60. The third-order valence-electron chi connectivity index (χ3n) is 4.48. The molecule has 0 unspecified atom stereocenters. The molecule has 0 spiro atoms. The van der Waals surface area contributed by atoms with E-state index in [9.17, 15) is 18.0 Å². The Kier molecular flexibility index (Phi) is 6.60. The molecule has 1 aliphatic rings. The van der Waals surface area contributed by atoms with Gasteiger partial charge in [0.1, 0.15) is 5.82 Å². The summed E-state index contributed by atoms with van der Waals surface area (Å²) in [6, 6.07) is 5.98. The Labute approximate surface area is 173 Å². The number of aromatic amines is 1. The van der Waals surface area contributed by atoms with E-state index in [-0.39, 0.29) is 27.5 Å². The normalized spacial score (nSPS) is 15.2. The fraction of sp³-hybridized carbons (Fsp3) is 0.389. The van der Waals surface area contributed by atoms with Crippen LogP contribution in [0, 0.1) is 6.92 Å². The van der Waals surface area contributed by atoms with Crippen LogP contribution >= 0.6 is 11.8 Å². The smallest absolute Gasteiger partial charge is 0.253 e. The largest absolute Gasteiger partial charge is 0.383 e. The molecule has 0 bridgehead atoms. The van der Waals surface area contributed by atoms with Crippen molar-refractivity contribution in [1.29, 1.82) is 0 Å². The molecule has 1 fully saturated rings. The first-order chi connectivity index (χ1) is 13.8. The van der Waals surface area contributed by atoms with Crippen molar-refractivity contribution < 1.29 is 13.2 Å². The Morgan fingerprint density at radius 1 is 1.28 bits per heavy atom. The second-order valence-electron chi connectivity index (χ2n) is 6.76. The molecule has 4 N–H and O–H groups in total. The topological polar surface area (TPSA) is 138 Å². The zero-order valence-corrected chi connectivity index (χ0v) is 17.6. The summed E-state index contributed by atoms with van der Waals surface area (Å²) in [5.74, 6) is -0.304. The summed E-state index contributed by atoms with van der Waals surface area (Å²) in [5, 5.41) is 2.93. The van der Waals surface area contributed by atoms with Crippen LogP contribution in [-0.2, 0) is 14.8 Å². The number of H-pyrrole nitrogens is 1. The van der Waals surface area contributed by atoms with Crippen molar-refractivity contribution in [2.75, 3.05) is 29.9 Å². The molecular formula is C18H23N5O4S2. The van der Waals surface area contributed by atoms with Crippen LogP contribution in [0.25, 0.3) is 0 Å². The van der Waals surface area contributed by atoms with Gasteiger partial charge in [0.25, 0.3) is 5.56 Å². The molecule has 9 nitrogen and oxygen atoms in total. The van der Waals surface area contributed by atoms with Gasteiger partial charge in [0.05, 0.1) is 10.6 Å². The SMILES string of the molecule is Cc1ccc(NC(=O)CSc2nc(N)cc(=O)[nH]2)cc1S(=O)(=O)N1CCCCC1. The predicted octanol–water partition coefficient (Wildman–Crippen LogP) is 1.57. The van der Waals surface area contributed by atoms with E-state index in [2.05, 4.69) is 15.3 Å². The maximum absolute atomic E-state index is 13.0. The van der Waals surface area contributed by atoms with E-state index in [1.807, 2.05) is 0 Å². The van der Waals surface area contributed by atoms with Crippen molar-refractivity contribution >= 4 is 39.2 Å². The second kappa shape index (κ2) is 8.97. The molecule has 2 aromatic rings. The van der Waals surface area contributed by atoms with Crippen LogP contribution in [-0.4, -0.2) is 47.4 Å². The molecule has 11 heteroatoms. The van der Waals surface area contributed by atoms with E-state index in [0.717, 1.165) is 37.1 Å². The summed E-state index contributed by atoms with van der Waals surface area (Å²) >= 11 is 1.03. The number of nitrogen functional groups attached to an aromatic ring is 1. The van der Waals surface area contributed by atoms with Crippen molar-refractivity contribution in [3.63, 3.8) is 0 Å². The highest BCUT2D eigenvalue weighted by Crippen LogP contribution is 2.26. The van der Waals surface area contributed by atoms with E-state index >= 15 is 0 Å². The van der Waals surface area contributed by atoms with Crippen LogP contribution in [0.2, 0.25) is 0 Å². The first-order valence-corrected chi connectivity index (χ1v) is 11.6. The van der Waals surface area contributed by atoms with Crippen LogP contribution in [0.15, 0.2) is 39.1 Å². The molecule has 0 radical (unpaired) electrons. The Morgan fingerprint density at radius 2 is 2.00 bits per heavy atom. The minimum Gasteiger partial charge on any atom is -0.383 e. The molecule has 0 aliphatic carbocycles. The Bertz CT molecular complexity index is 1060. The number of benzene rings is 1. The summed E-state index contributed by atoms with van der Waals surface area (Å²) in [7, 11) is -3.60. The lowest BCUT2D eigenvalue weighted by Gasteiger charge is -2.26. The number of carbonyl (C=O) groups excluding carboxylic acids is 1. The molecule has 1 amide bonds. The summed E-state index contributed by atoms with van der Waals surface area (Å²) in [6.07, 6.45) is 2.74. The summed E-state index contributed by atoms with van der Waals surface area (Å²) < 4.78 is 27.5. The molecule has 156 valence electrons. The molecule has 2 heterocycles. The van der Waals surface area contributed by atoms with E-state index in [1.165, 1.54) is 10.4 Å². The van der Waals surface area contributed by atoms with Gasteiger partial charge in [-0.15, -0.1) is 0 Å². The Morgan fingerprint density at radius 3 is 2.69 bits per heavy atom. The quantitative estimate of drug-likeness (QED) is 0.460. The number of anilines is 2. The predicted molar refractivity (Wildman–Crippen MR) is 112 cm³/mol. The first kappa shape index (κ1) is 21.3. The lowest BCUT2D eigenvalue weighted by molar-refractivity contribution is -0.113. The fourth-order valence-corrected chi connectivity index (χ4v) is 5.50. The van der Waals surface area contributed by atoms with E-state index in [1.54, 1.807) is 19.1 Å². The number of nitrogens with zero attached hydrogens (tertiary/aromatic N) is 2. The van der Waals surface area contributed by atoms with Gasteiger partial charge in [0.2, 0.25) is 15.9 Å². The van der Waals surface area contributed by atoms with Crippen LogP contribution < -0.4 is 16.6 Å². The number of nitrogens with two attached hydrogens (primary N) is 1. The second-order valence-corrected chi connectivity index (χ2v) is 9.63. The van der Waals surface area contributed by atoms with Crippen molar-refractivity contribution in [1.82, 2.24) is 14.3 Å². The molecule has 0 atom stereocenters. The Hall–Kier alpha value is -2.37. The van der Waals surface area contributed by atoms with Gasteiger partial charge >= 0.3 is 0 Å². The van der Waals surface area contributed by atoms with E-state index < -0.39 is 15.6 Å². The van der Waals surface area contributed by atoms with Crippen molar-refractivity contribution in [3.05, 3.63) is 40.2 Å². The first-order valence-electron chi connectivity index (χ1n) is 9.16. The number of aryl methyl sites for hydroxylation is 1. The average molecular weight is 438 g/mol. The number of hydrogen-bond acceptors (Lipinski definition) is 7. The molecule has 1 aromatic carbocycles. The minimum absolute atomic E-state index is 0.0194. The van der Waals surface area contributed by atoms with Gasteiger partial charge < -0.3 is 16.0 Å². The van der Waals surface area contributed by atoms with Gasteiger partial charge in [-0.25, -0.2) is 13.4 Å². The number of aromatic nitrogens is 2. The number of hydrogen-bond donors (Lipinski definition) is 3. The number of sulfonamides is 1. The van der Waals surface area contributed by atoms with Gasteiger partial charge in [-0.2, -0.15) is 4.31 Å². The molecule has 0 saturated carbocycles. The third-order valence-corrected chi connectivity index (χ3v) is 7.40. The van der Waals surface area contributed by atoms with Gasteiger partial charge in [-0.05, 0) is 37.5 Å². The van der Waals surface area contributed by atoms with Crippen molar-refractivity contribution in [2.24, 2.45) is 0 Å². The number of piperidine rings is 1. The average Bonchev–Trinajstić information content (AvgIpc) is 2.68.